The molecule has 0 spiro atoms. The first-order valence-corrected chi connectivity index (χ1v) is 12.0. The third kappa shape index (κ3) is 4.74. The molecule has 0 aromatic carbocycles. The molecular formula is C24H28F3N7O4. The van der Waals surface area contributed by atoms with Crippen LogP contribution in [0.4, 0.5) is 13.2 Å². The number of halogens is 3. The molecule has 0 radical (unpaired) electrons. The maximum absolute atomic E-state index is 13.6. The van der Waals surface area contributed by atoms with Crippen molar-refractivity contribution >= 4 is 34.5 Å². The fourth-order valence-corrected chi connectivity index (χ4v) is 5.36. The first-order valence-electron chi connectivity index (χ1n) is 12.0. The lowest BCUT2D eigenvalue weighted by atomic mass is 9.97. The van der Waals surface area contributed by atoms with Gasteiger partial charge >= 0.3 is 12.1 Å². The van der Waals surface area contributed by atoms with Gasteiger partial charge in [-0.15, -0.1) is 0 Å². The first-order chi connectivity index (χ1) is 17.7. The highest BCUT2D eigenvalue weighted by Crippen LogP contribution is 2.65. The Morgan fingerprint density at radius 2 is 1.87 bits per heavy atom. The van der Waals surface area contributed by atoms with E-state index in [0.717, 1.165) is 0 Å². The predicted molar refractivity (Wildman–Crippen MR) is 126 cm³/mol. The maximum atomic E-state index is 13.6. The third-order valence-corrected chi connectivity index (χ3v) is 7.53. The Hall–Kier alpha value is -3.84. The van der Waals surface area contributed by atoms with Gasteiger partial charge in [0, 0.05) is 18.1 Å². The number of nitrogens with two attached hydrogens (primary N) is 1. The van der Waals surface area contributed by atoms with Gasteiger partial charge < -0.3 is 21.3 Å². The molecule has 1 saturated heterocycles. The van der Waals surface area contributed by atoms with Crippen LogP contribution in [-0.2, 0) is 19.2 Å². The van der Waals surface area contributed by atoms with Crippen LogP contribution in [0.3, 0.4) is 0 Å². The summed E-state index contributed by atoms with van der Waals surface area (Å²) in [6.07, 6.45) is -2.27. The van der Waals surface area contributed by atoms with Crippen molar-refractivity contribution in [1.82, 2.24) is 30.7 Å². The fourth-order valence-electron chi connectivity index (χ4n) is 5.36. The molecule has 0 unspecified atom stereocenters. The second kappa shape index (κ2) is 9.48. The zero-order valence-corrected chi connectivity index (χ0v) is 21.1. The van der Waals surface area contributed by atoms with E-state index in [4.69, 9.17) is 5.73 Å². The number of rotatable bonds is 7. The minimum atomic E-state index is -5.18. The van der Waals surface area contributed by atoms with Gasteiger partial charge in [-0.3, -0.25) is 24.2 Å². The SMILES string of the molecule is CC(C)[C@H](NC(=O)C(F)(F)F)C(=O)N1C[C@H]2[C@@H]([C@H]1C(=O)N[C@H](C(N)=O)c1nncc3cccnc13)C2(C)C. The average Bonchev–Trinajstić information content (AvgIpc) is 3.16. The highest BCUT2D eigenvalue weighted by atomic mass is 19.4. The number of fused-ring (bicyclic) bond motifs is 2. The number of pyridine rings is 1. The Labute approximate surface area is 215 Å². The number of alkyl halides is 3. The van der Waals surface area contributed by atoms with Crippen LogP contribution in [0, 0.1) is 23.2 Å². The van der Waals surface area contributed by atoms with Crippen LogP contribution < -0.4 is 16.4 Å². The summed E-state index contributed by atoms with van der Waals surface area (Å²) < 4.78 is 38.8. The summed E-state index contributed by atoms with van der Waals surface area (Å²) in [5.41, 5.74) is 5.58. The average molecular weight is 536 g/mol. The minimum absolute atomic E-state index is 0.0175. The molecule has 2 aromatic rings. The second-order valence-electron chi connectivity index (χ2n) is 10.6. The largest absolute Gasteiger partial charge is 0.471 e. The number of hydrogen-bond acceptors (Lipinski definition) is 7. The van der Waals surface area contributed by atoms with E-state index in [1.165, 1.54) is 31.1 Å². The number of hydrogen-bond donors (Lipinski definition) is 3. The smallest absolute Gasteiger partial charge is 0.368 e. The standard InChI is InChI=1S/C24H28F3N7O4/c1-10(2)14(32-22(38)24(25,26)27)21(37)34-9-12-13(23(12,3)4)18(34)20(36)31-17(19(28)35)16-15-11(8-30-33-16)6-5-7-29-15/h5-8,10,12-14,17-18H,9H2,1-4H3,(H2,28,35)(H,31,36)(H,32,38)/t12-,13-,14-,17-,18-/m0/s1. The van der Waals surface area contributed by atoms with Crippen molar-refractivity contribution in [3.05, 3.63) is 30.2 Å². The molecule has 2 fully saturated rings. The van der Waals surface area contributed by atoms with Crippen molar-refractivity contribution in [2.45, 2.75) is 52.0 Å². The van der Waals surface area contributed by atoms with Gasteiger partial charge in [-0.1, -0.05) is 27.7 Å². The number of amides is 4. The van der Waals surface area contributed by atoms with Gasteiger partial charge in [-0.05, 0) is 35.3 Å². The van der Waals surface area contributed by atoms with Gasteiger partial charge in [0.2, 0.25) is 17.7 Å². The van der Waals surface area contributed by atoms with E-state index < -0.39 is 53.8 Å². The van der Waals surface area contributed by atoms with Gasteiger partial charge in [0.1, 0.15) is 17.8 Å². The Morgan fingerprint density at radius 1 is 1.18 bits per heavy atom. The van der Waals surface area contributed by atoms with E-state index in [1.54, 1.807) is 17.4 Å². The van der Waals surface area contributed by atoms with Gasteiger partial charge in [0.15, 0.2) is 6.04 Å². The van der Waals surface area contributed by atoms with Crippen LogP contribution in [0.2, 0.25) is 0 Å². The highest BCUT2D eigenvalue weighted by molar-refractivity contribution is 5.97. The quantitative estimate of drug-likeness (QED) is 0.474. The zero-order valence-electron chi connectivity index (χ0n) is 21.1. The molecule has 38 heavy (non-hydrogen) atoms. The van der Waals surface area contributed by atoms with Crippen LogP contribution in [0.5, 0.6) is 0 Å². The molecule has 3 heterocycles. The summed E-state index contributed by atoms with van der Waals surface area (Å²) >= 11 is 0. The topological polar surface area (TPSA) is 160 Å². The molecular weight excluding hydrogens is 507 g/mol. The van der Waals surface area contributed by atoms with Gasteiger partial charge in [0.25, 0.3) is 0 Å². The second-order valence-corrected chi connectivity index (χ2v) is 10.6. The molecule has 2 aromatic heterocycles. The van der Waals surface area contributed by atoms with Crippen molar-refractivity contribution in [3.8, 4) is 0 Å². The van der Waals surface area contributed by atoms with Crippen LogP contribution in [-0.4, -0.2) is 68.5 Å². The molecule has 11 nitrogen and oxygen atoms in total. The molecule has 4 rings (SSSR count). The Morgan fingerprint density at radius 3 is 2.47 bits per heavy atom. The number of nitrogens with one attached hydrogen (secondary N) is 2. The molecule has 0 bridgehead atoms. The van der Waals surface area contributed by atoms with Crippen LogP contribution in [0.25, 0.3) is 10.9 Å². The van der Waals surface area contributed by atoms with Crippen LogP contribution in [0.1, 0.15) is 39.4 Å². The van der Waals surface area contributed by atoms with Crippen molar-refractivity contribution in [3.63, 3.8) is 0 Å². The van der Waals surface area contributed by atoms with E-state index in [2.05, 4.69) is 20.5 Å². The van der Waals surface area contributed by atoms with Gasteiger partial charge in [-0.2, -0.15) is 23.4 Å². The van der Waals surface area contributed by atoms with Crippen molar-refractivity contribution in [1.29, 1.82) is 0 Å². The number of nitrogens with zero attached hydrogens (tertiary/aromatic N) is 4. The number of likely N-dealkylation sites (tertiary alicyclic amines) is 1. The third-order valence-electron chi connectivity index (χ3n) is 7.53. The summed E-state index contributed by atoms with van der Waals surface area (Å²) in [5, 5.41) is 12.7. The molecule has 4 amide bonds. The van der Waals surface area contributed by atoms with Gasteiger partial charge in [0.05, 0.1) is 11.7 Å². The molecule has 14 heteroatoms. The van der Waals surface area contributed by atoms with Gasteiger partial charge in [-0.25, -0.2) is 0 Å². The lowest BCUT2D eigenvalue weighted by Gasteiger charge is -2.34. The molecule has 204 valence electrons. The number of carbonyl (C=O) groups excluding carboxylic acids is 4. The van der Waals surface area contributed by atoms with E-state index in [1.807, 2.05) is 13.8 Å². The lowest BCUT2D eigenvalue weighted by molar-refractivity contribution is -0.175. The van der Waals surface area contributed by atoms with Crippen LogP contribution in [0.15, 0.2) is 24.5 Å². The molecule has 4 N–H and O–H groups in total. The molecule has 1 saturated carbocycles. The molecule has 1 aliphatic heterocycles. The van der Waals surface area contributed by atoms with Crippen molar-refractivity contribution < 1.29 is 32.3 Å². The Kier molecular flexibility index (Phi) is 6.78. The van der Waals surface area contributed by atoms with E-state index in [-0.39, 0.29) is 29.5 Å². The molecule has 2 aliphatic rings. The predicted octanol–water partition coefficient (Wildman–Crippen LogP) is 0.854. The lowest BCUT2D eigenvalue weighted by Crippen LogP contribution is -2.59. The van der Waals surface area contributed by atoms with E-state index in [0.29, 0.717) is 10.9 Å². The summed E-state index contributed by atoms with van der Waals surface area (Å²) in [6, 6.07) is -0.705. The number of carbonyl (C=O) groups is 4. The first kappa shape index (κ1) is 27.2. The fraction of sp³-hybridized carbons (Fsp3) is 0.542. The number of piperidine rings is 1. The van der Waals surface area contributed by atoms with E-state index in [9.17, 15) is 32.3 Å². The highest BCUT2D eigenvalue weighted by Gasteiger charge is 2.69. The Bertz CT molecular complexity index is 1290. The summed E-state index contributed by atoms with van der Waals surface area (Å²) in [5.74, 6) is -5.83. The number of primary amides is 1. The number of aromatic nitrogens is 3. The molecule has 5 atom stereocenters. The van der Waals surface area contributed by atoms with E-state index >= 15 is 0 Å². The minimum Gasteiger partial charge on any atom is -0.368 e. The maximum Gasteiger partial charge on any atom is 0.471 e. The summed E-state index contributed by atoms with van der Waals surface area (Å²) in [7, 11) is 0. The normalized spacial score (nSPS) is 23.5. The summed E-state index contributed by atoms with van der Waals surface area (Å²) in [4.78, 5) is 56.5. The van der Waals surface area contributed by atoms with Crippen LogP contribution >= 0.6 is 0 Å². The summed E-state index contributed by atoms with van der Waals surface area (Å²) in [6.45, 7) is 6.92. The van der Waals surface area contributed by atoms with Crippen molar-refractivity contribution in [2.24, 2.45) is 28.9 Å². The van der Waals surface area contributed by atoms with Crippen molar-refractivity contribution in [2.75, 3.05) is 6.54 Å². The molecule has 1 aliphatic carbocycles. The Balaban J connectivity index is 1.63. The zero-order chi connectivity index (χ0) is 28.2. The monoisotopic (exact) mass is 535 g/mol.